The van der Waals surface area contributed by atoms with Crippen LogP contribution in [0, 0.1) is 6.92 Å². The molecule has 2 atom stereocenters. The van der Waals surface area contributed by atoms with Crippen molar-refractivity contribution in [2.24, 2.45) is 0 Å². The summed E-state index contributed by atoms with van der Waals surface area (Å²) in [6.07, 6.45) is 0.326. The zero-order chi connectivity index (χ0) is 24.4. The van der Waals surface area contributed by atoms with Crippen molar-refractivity contribution in [1.29, 1.82) is 0 Å². The summed E-state index contributed by atoms with van der Waals surface area (Å²) in [5.41, 5.74) is 1.04. The summed E-state index contributed by atoms with van der Waals surface area (Å²) < 4.78 is 11.2. The normalized spacial score (nSPS) is 16.3. The van der Waals surface area contributed by atoms with Crippen molar-refractivity contribution in [1.82, 2.24) is 15.0 Å². The van der Waals surface area contributed by atoms with E-state index in [1.165, 1.54) is 10.3 Å². The number of nitrogens with one attached hydrogen (secondary N) is 1. The Bertz CT molecular complexity index is 1360. The van der Waals surface area contributed by atoms with Gasteiger partial charge in [-0.25, -0.2) is 9.69 Å². The number of aromatic nitrogens is 3. The van der Waals surface area contributed by atoms with Crippen LogP contribution in [0.3, 0.4) is 0 Å². The van der Waals surface area contributed by atoms with Gasteiger partial charge >= 0.3 is 6.09 Å². The molecule has 0 aliphatic carbocycles. The number of fused-ring (bicyclic) bond motifs is 1. The van der Waals surface area contributed by atoms with E-state index in [1.807, 2.05) is 62.4 Å². The lowest BCUT2D eigenvalue weighted by molar-refractivity contribution is 0.178. The molecule has 0 saturated carbocycles. The van der Waals surface area contributed by atoms with Gasteiger partial charge in [-0.3, -0.25) is 0 Å². The fourth-order valence-corrected chi connectivity index (χ4v) is 4.11. The molecule has 1 amide bonds. The van der Waals surface area contributed by atoms with Crippen LogP contribution in [0.1, 0.15) is 37.7 Å². The monoisotopic (exact) mass is 469 g/mol. The molecular formula is C27H27N5O3. The second-order valence-corrected chi connectivity index (χ2v) is 8.56. The van der Waals surface area contributed by atoms with Gasteiger partial charge in [0, 0.05) is 0 Å². The van der Waals surface area contributed by atoms with Gasteiger partial charge in [-0.05, 0) is 60.9 Å². The maximum absolute atomic E-state index is 12.2. The summed E-state index contributed by atoms with van der Waals surface area (Å²) in [4.78, 5) is 27.0. The second-order valence-electron chi connectivity index (χ2n) is 8.56. The molecule has 1 aliphatic heterocycles. The van der Waals surface area contributed by atoms with E-state index in [4.69, 9.17) is 9.47 Å². The molecule has 0 bridgehead atoms. The van der Waals surface area contributed by atoms with Gasteiger partial charge < -0.3 is 14.8 Å². The van der Waals surface area contributed by atoms with Gasteiger partial charge in [-0.1, -0.05) is 49.4 Å². The first-order valence-electron chi connectivity index (χ1n) is 11.7. The van der Waals surface area contributed by atoms with Crippen LogP contribution < -0.4 is 15.0 Å². The zero-order valence-electron chi connectivity index (χ0n) is 19.9. The first kappa shape index (κ1) is 22.6. The van der Waals surface area contributed by atoms with Crippen molar-refractivity contribution >= 4 is 28.8 Å². The van der Waals surface area contributed by atoms with Crippen molar-refractivity contribution in [2.45, 2.75) is 39.3 Å². The van der Waals surface area contributed by atoms with Crippen LogP contribution in [0.25, 0.3) is 10.8 Å². The van der Waals surface area contributed by atoms with Crippen LogP contribution in [-0.2, 0) is 4.74 Å². The van der Waals surface area contributed by atoms with Crippen molar-refractivity contribution < 1.29 is 14.3 Å². The quantitative estimate of drug-likeness (QED) is 0.353. The molecule has 0 spiro atoms. The molecule has 35 heavy (non-hydrogen) atoms. The molecule has 1 N–H and O–H groups in total. The van der Waals surface area contributed by atoms with E-state index in [1.54, 1.807) is 6.92 Å². The van der Waals surface area contributed by atoms with Gasteiger partial charge in [0.25, 0.3) is 0 Å². The molecular weight excluding hydrogens is 442 g/mol. The molecule has 0 radical (unpaired) electrons. The van der Waals surface area contributed by atoms with Crippen LogP contribution in [0.4, 0.5) is 16.7 Å². The molecule has 8 nitrogen and oxygen atoms in total. The Balaban J connectivity index is 1.29. The molecule has 1 fully saturated rings. The fraction of sp³-hybridized carbons (Fsp3) is 0.259. The van der Waals surface area contributed by atoms with E-state index in [0.29, 0.717) is 24.3 Å². The number of hydrogen-bond donors (Lipinski definition) is 1. The van der Waals surface area contributed by atoms with E-state index >= 15 is 0 Å². The Hall–Kier alpha value is -4.20. The number of aryl methyl sites for hydroxylation is 1. The van der Waals surface area contributed by atoms with Gasteiger partial charge in [0.15, 0.2) is 0 Å². The van der Waals surface area contributed by atoms with Crippen LogP contribution in [0.2, 0.25) is 0 Å². The van der Waals surface area contributed by atoms with Crippen molar-refractivity contribution in [3.05, 3.63) is 78.1 Å². The van der Waals surface area contributed by atoms with Gasteiger partial charge in [-0.2, -0.15) is 15.0 Å². The van der Waals surface area contributed by atoms with Crippen molar-refractivity contribution in [2.75, 3.05) is 16.8 Å². The maximum Gasteiger partial charge on any atom is 0.417 e. The first-order valence-corrected chi connectivity index (χ1v) is 11.7. The number of cyclic esters (lactones) is 1. The molecule has 8 heteroatoms. The molecule has 2 heterocycles. The summed E-state index contributed by atoms with van der Waals surface area (Å²) in [7, 11) is 0. The maximum atomic E-state index is 12.2. The van der Waals surface area contributed by atoms with Crippen LogP contribution >= 0.6 is 0 Å². The molecule has 1 aromatic heterocycles. The number of nitrogens with zero attached hydrogens (tertiary/aromatic N) is 4. The first-order chi connectivity index (χ1) is 17.0. The standard InChI is InChI=1S/C27H27N5O3/c1-4-22-16-34-27(33)32(22)26-30-18(3)29-25(31-26)28-17(2)19-9-12-23(13-10-19)35-24-14-11-20-7-5-6-8-21(20)15-24/h5-15,17,22H,4,16H2,1-3H3,(H,28,29,30,31)/t17?,22-/m0/s1. The van der Waals surface area contributed by atoms with E-state index in [-0.39, 0.29) is 12.1 Å². The highest BCUT2D eigenvalue weighted by atomic mass is 16.6. The molecule has 178 valence electrons. The third kappa shape index (κ3) is 4.87. The molecule has 5 rings (SSSR count). The summed E-state index contributed by atoms with van der Waals surface area (Å²) in [5, 5.41) is 5.64. The minimum atomic E-state index is -0.427. The summed E-state index contributed by atoms with van der Waals surface area (Å²) >= 11 is 0. The third-order valence-corrected chi connectivity index (χ3v) is 6.07. The molecule has 4 aromatic rings. The Morgan fingerprint density at radius 1 is 1.03 bits per heavy atom. The molecule has 1 aliphatic rings. The molecule has 1 unspecified atom stereocenters. The Kier molecular flexibility index (Phi) is 6.18. The van der Waals surface area contributed by atoms with E-state index in [9.17, 15) is 4.79 Å². The van der Waals surface area contributed by atoms with Crippen LogP contribution in [-0.4, -0.2) is 33.7 Å². The lowest BCUT2D eigenvalue weighted by Gasteiger charge is -2.20. The summed E-state index contributed by atoms with van der Waals surface area (Å²) in [6.45, 7) is 6.15. The smallest absolute Gasteiger partial charge is 0.417 e. The molecule has 1 saturated heterocycles. The third-order valence-electron chi connectivity index (χ3n) is 6.07. The van der Waals surface area contributed by atoms with Gasteiger partial charge in [0.1, 0.15) is 23.9 Å². The summed E-state index contributed by atoms with van der Waals surface area (Å²) in [5.74, 6) is 2.79. The SMILES string of the molecule is CC[C@H]1COC(=O)N1c1nc(C)nc(NC(C)c2ccc(Oc3ccc4ccccc4c3)cc2)n1. The van der Waals surface area contributed by atoms with E-state index in [2.05, 4.69) is 38.5 Å². The van der Waals surface area contributed by atoms with E-state index in [0.717, 1.165) is 28.9 Å². The largest absolute Gasteiger partial charge is 0.457 e. The van der Waals surface area contributed by atoms with Crippen molar-refractivity contribution in [3.63, 3.8) is 0 Å². The number of anilines is 2. The number of amides is 1. The van der Waals surface area contributed by atoms with Crippen LogP contribution in [0.15, 0.2) is 66.7 Å². The van der Waals surface area contributed by atoms with Gasteiger partial charge in [0.2, 0.25) is 11.9 Å². The predicted octanol–water partition coefficient (Wildman–Crippen LogP) is 6.03. The Morgan fingerprint density at radius 3 is 2.54 bits per heavy atom. The minimum Gasteiger partial charge on any atom is -0.457 e. The second kappa shape index (κ2) is 9.58. The summed E-state index contributed by atoms with van der Waals surface area (Å²) in [6, 6.07) is 22.0. The van der Waals surface area contributed by atoms with Gasteiger partial charge in [0.05, 0.1) is 12.1 Å². The number of carbonyl (C=O) groups is 1. The number of benzene rings is 3. The van der Waals surface area contributed by atoms with Crippen LogP contribution in [0.5, 0.6) is 11.5 Å². The minimum absolute atomic E-state index is 0.0770. The predicted molar refractivity (Wildman–Crippen MR) is 135 cm³/mol. The average molecular weight is 470 g/mol. The highest BCUT2D eigenvalue weighted by Crippen LogP contribution is 2.28. The highest BCUT2D eigenvalue weighted by Gasteiger charge is 2.35. The Morgan fingerprint density at radius 2 is 1.77 bits per heavy atom. The number of ether oxygens (including phenoxy) is 2. The average Bonchev–Trinajstić information content (AvgIpc) is 3.24. The molecule has 3 aromatic carbocycles. The topological polar surface area (TPSA) is 89.5 Å². The van der Waals surface area contributed by atoms with E-state index < -0.39 is 6.09 Å². The highest BCUT2D eigenvalue weighted by molar-refractivity contribution is 5.88. The lowest BCUT2D eigenvalue weighted by atomic mass is 10.1. The Labute approximate surface area is 203 Å². The fourth-order valence-electron chi connectivity index (χ4n) is 4.11. The number of carbonyl (C=O) groups excluding carboxylic acids is 1. The van der Waals surface area contributed by atoms with Gasteiger partial charge in [-0.15, -0.1) is 0 Å². The zero-order valence-corrected chi connectivity index (χ0v) is 19.9. The van der Waals surface area contributed by atoms with Crippen molar-refractivity contribution in [3.8, 4) is 11.5 Å². The number of hydrogen-bond acceptors (Lipinski definition) is 7. The lowest BCUT2D eigenvalue weighted by Crippen LogP contribution is -2.34. The number of rotatable bonds is 7.